The first kappa shape index (κ1) is 20.3. The van der Waals surface area contributed by atoms with Crippen LogP contribution in [-0.4, -0.2) is 18.4 Å². The van der Waals surface area contributed by atoms with Crippen molar-refractivity contribution in [1.29, 1.82) is 0 Å². The summed E-state index contributed by atoms with van der Waals surface area (Å²) in [6, 6.07) is 21.0. The van der Waals surface area contributed by atoms with Gasteiger partial charge >= 0.3 is 0 Å². The Kier molecular flexibility index (Phi) is 6.74. The monoisotopic (exact) mass is 390 g/mol. The number of rotatable bonds is 7. The summed E-state index contributed by atoms with van der Waals surface area (Å²) in [5.74, 6) is -0.824. The zero-order valence-electron chi connectivity index (χ0n) is 16.2. The minimum atomic E-state index is -0.297. The van der Waals surface area contributed by atoms with Gasteiger partial charge in [0.25, 0.3) is 11.8 Å². The van der Waals surface area contributed by atoms with Crippen LogP contribution in [0.3, 0.4) is 0 Å². The molecule has 4 nitrogen and oxygen atoms in total. The lowest BCUT2D eigenvalue weighted by molar-refractivity contribution is 0.0950. The minimum absolute atomic E-state index is 0.244. The molecular weight excluding hydrogens is 367 g/mol. The highest BCUT2D eigenvalue weighted by Gasteiger charge is 2.11. The van der Waals surface area contributed by atoms with Crippen molar-refractivity contribution in [2.24, 2.45) is 0 Å². The van der Waals surface area contributed by atoms with Gasteiger partial charge in [0.05, 0.1) is 0 Å². The SMILES string of the molecule is Cc1ccc(CNC(=O)c2cccc(C(=O)NCCc3ccccc3F)c2)cc1. The molecule has 0 saturated heterocycles. The molecule has 0 bridgehead atoms. The van der Waals surface area contributed by atoms with Crippen molar-refractivity contribution in [3.8, 4) is 0 Å². The predicted molar refractivity (Wildman–Crippen MR) is 111 cm³/mol. The zero-order valence-corrected chi connectivity index (χ0v) is 16.2. The Morgan fingerprint density at radius 1 is 0.828 bits per heavy atom. The maximum atomic E-state index is 13.6. The van der Waals surface area contributed by atoms with E-state index in [0.29, 0.717) is 36.2 Å². The van der Waals surface area contributed by atoms with Gasteiger partial charge in [-0.2, -0.15) is 0 Å². The summed E-state index contributed by atoms with van der Waals surface area (Å²) in [5, 5.41) is 5.63. The number of hydrogen-bond acceptors (Lipinski definition) is 2. The number of hydrogen-bond donors (Lipinski definition) is 2. The average molecular weight is 390 g/mol. The van der Waals surface area contributed by atoms with Crippen LogP contribution in [0.2, 0.25) is 0 Å². The third-order valence-corrected chi connectivity index (χ3v) is 4.60. The van der Waals surface area contributed by atoms with Crippen molar-refractivity contribution in [3.63, 3.8) is 0 Å². The Balaban J connectivity index is 1.55. The van der Waals surface area contributed by atoms with Gasteiger partial charge in [-0.1, -0.05) is 54.1 Å². The number of nitrogens with one attached hydrogen (secondary N) is 2. The van der Waals surface area contributed by atoms with Gasteiger partial charge in [-0.15, -0.1) is 0 Å². The van der Waals surface area contributed by atoms with Crippen LogP contribution < -0.4 is 10.6 Å². The number of amides is 2. The lowest BCUT2D eigenvalue weighted by atomic mass is 10.1. The molecule has 0 spiro atoms. The van der Waals surface area contributed by atoms with Gasteiger partial charge in [-0.05, 0) is 48.7 Å². The first-order valence-electron chi connectivity index (χ1n) is 9.48. The first-order valence-corrected chi connectivity index (χ1v) is 9.48. The number of aryl methyl sites for hydroxylation is 1. The molecule has 3 rings (SSSR count). The largest absolute Gasteiger partial charge is 0.352 e. The third-order valence-electron chi connectivity index (χ3n) is 4.60. The maximum absolute atomic E-state index is 13.6. The van der Waals surface area contributed by atoms with Crippen LogP contribution in [0.4, 0.5) is 4.39 Å². The molecule has 3 aromatic carbocycles. The molecule has 0 aromatic heterocycles. The minimum Gasteiger partial charge on any atom is -0.352 e. The second-order valence-electron chi connectivity index (χ2n) is 6.85. The molecule has 0 unspecified atom stereocenters. The Morgan fingerprint density at radius 3 is 2.17 bits per heavy atom. The van der Waals surface area contributed by atoms with Crippen molar-refractivity contribution in [1.82, 2.24) is 10.6 Å². The average Bonchev–Trinajstić information content (AvgIpc) is 2.74. The summed E-state index contributed by atoms with van der Waals surface area (Å²) < 4.78 is 13.6. The van der Waals surface area contributed by atoms with Crippen molar-refractivity contribution in [2.45, 2.75) is 19.9 Å². The van der Waals surface area contributed by atoms with Crippen molar-refractivity contribution < 1.29 is 14.0 Å². The van der Waals surface area contributed by atoms with Crippen LogP contribution in [0.15, 0.2) is 72.8 Å². The molecule has 3 aromatic rings. The van der Waals surface area contributed by atoms with E-state index in [9.17, 15) is 14.0 Å². The fourth-order valence-corrected chi connectivity index (χ4v) is 2.91. The standard InChI is InChI=1S/C24H23FN2O2/c1-17-9-11-18(12-10-17)16-27-24(29)21-7-4-6-20(15-21)23(28)26-14-13-19-5-2-3-8-22(19)25/h2-12,15H,13-14,16H2,1H3,(H,26,28)(H,27,29). The molecule has 2 amide bonds. The summed E-state index contributed by atoms with van der Waals surface area (Å²) in [6.07, 6.45) is 0.398. The molecule has 0 atom stereocenters. The Morgan fingerprint density at radius 2 is 1.48 bits per heavy atom. The van der Waals surface area contributed by atoms with E-state index in [-0.39, 0.29) is 17.6 Å². The molecule has 0 radical (unpaired) electrons. The summed E-state index contributed by atoms with van der Waals surface area (Å²) >= 11 is 0. The Hall–Kier alpha value is -3.47. The second-order valence-corrected chi connectivity index (χ2v) is 6.85. The van der Waals surface area contributed by atoms with E-state index in [1.54, 1.807) is 42.5 Å². The van der Waals surface area contributed by atoms with Gasteiger partial charge in [0.15, 0.2) is 0 Å². The van der Waals surface area contributed by atoms with Crippen molar-refractivity contribution in [2.75, 3.05) is 6.54 Å². The fourth-order valence-electron chi connectivity index (χ4n) is 2.91. The summed E-state index contributed by atoms with van der Waals surface area (Å²) in [7, 11) is 0. The van der Waals surface area contributed by atoms with E-state index >= 15 is 0 Å². The first-order chi connectivity index (χ1) is 14.0. The Labute approximate surface area is 169 Å². The predicted octanol–water partition coefficient (Wildman–Crippen LogP) is 4.04. The van der Waals surface area contributed by atoms with Crippen LogP contribution in [0.25, 0.3) is 0 Å². The van der Waals surface area contributed by atoms with Gasteiger partial charge in [0.2, 0.25) is 0 Å². The van der Waals surface area contributed by atoms with Gasteiger partial charge in [-0.3, -0.25) is 9.59 Å². The van der Waals surface area contributed by atoms with Crippen LogP contribution >= 0.6 is 0 Å². The van der Waals surface area contributed by atoms with E-state index in [1.807, 2.05) is 31.2 Å². The molecule has 0 saturated carbocycles. The number of halogens is 1. The second kappa shape index (κ2) is 9.64. The van der Waals surface area contributed by atoms with Crippen LogP contribution in [0.5, 0.6) is 0 Å². The number of carbonyl (C=O) groups excluding carboxylic acids is 2. The molecule has 0 heterocycles. The van der Waals surface area contributed by atoms with E-state index in [4.69, 9.17) is 0 Å². The summed E-state index contributed by atoms with van der Waals surface area (Å²) in [6.45, 7) is 2.73. The van der Waals surface area contributed by atoms with E-state index in [1.165, 1.54) is 6.07 Å². The number of benzene rings is 3. The molecule has 2 N–H and O–H groups in total. The zero-order chi connectivity index (χ0) is 20.6. The van der Waals surface area contributed by atoms with Gasteiger partial charge in [-0.25, -0.2) is 4.39 Å². The quantitative estimate of drug-likeness (QED) is 0.640. The normalized spacial score (nSPS) is 10.4. The van der Waals surface area contributed by atoms with Gasteiger partial charge < -0.3 is 10.6 Å². The fraction of sp³-hybridized carbons (Fsp3) is 0.167. The molecule has 0 fully saturated rings. The van der Waals surface area contributed by atoms with E-state index < -0.39 is 0 Å². The van der Waals surface area contributed by atoms with E-state index in [0.717, 1.165) is 11.1 Å². The smallest absolute Gasteiger partial charge is 0.251 e. The third kappa shape index (κ3) is 5.75. The molecule has 0 aliphatic rings. The van der Waals surface area contributed by atoms with Crippen molar-refractivity contribution >= 4 is 11.8 Å². The molecule has 29 heavy (non-hydrogen) atoms. The summed E-state index contributed by atoms with van der Waals surface area (Å²) in [4.78, 5) is 24.8. The van der Waals surface area contributed by atoms with Gasteiger partial charge in [0, 0.05) is 24.2 Å². The topological polar surface area (TPSA) is 58.2 Å². The molecule has 5 heteroatoms. The lowest BCUT2D eigenvalue weighted by Crippen LogP contribution is -2.27. The van der Waals surface area contributed by atoms with Crippen LogP contribution in [0.1, 0.15) is 37.4 Å². The maximum Gasteiger partial charge on any atom is 0.251 e. The van der Waals surface area contributed by atoms with Crippen LogP contribution in [-0.2, 0) is 13.0 Å². The number of carbonyl (C=O) groups is 2. The van der Waals surface area contributed by atoms with E-state index in [2.05, 4.69) is 10.6 Å². The van der Waals surface area contributed by atoms with Crippen molar-refractivity contribution in [3.05, 3.63) is 106 Å². The lowest BCUT2D eigenvalue weighted by Gasteiger charge is -2.09. The molecule has 0 aliphatic heterocycles. The highest BCUT2D eigenvalue weighted by molar-refractivity contribution is 5.99. The highest BCUT2D eigenvalue weighted by Crippen LogP contribution is 2.09. The Bertz CT molecular complexity index is 1000. The van der Waals surface area contributed by atoms with Gasteiger partial charge in [0.1, 0.15) is 5.82 Å². The molecule has 0 aliphatic carbocycles. The van der Waals surface area contributed by atoms with Crippen LogP contribution in [0, 0.1) is 12.7 Å². The summed E-state index contributed by atoms with van der Waals surface area (Å²) in [5.41, 5.74) is 3.53. The molecule has 148 valence electrons. The molecular formula is C24H23FN2O2. The highest BCUT2D eigenvalue weighted by atomic mass is 19.1.